The Morgan fingerprint density at radius 1 is 1.53 bits per heavy atom. The molecular formula is C11H12N2O2. The number of carbonyl (C=O) groups excluding carboxylic acids is 1. The third-order valence-electron chi connectivity index (χ3n) is 1.69. The van der Waals surface area contributed by atoms with Crippen LogP contribution in [0.15, 0.2) is 24.3 Å². The van der Waals surface area contributed by atoms with E-state index >= 15 is 0 Å². The van der Waals surface area contributed by atoms with Gasteiger partial charge in [0.05, 0.1) is 13.7 Å². The van der Waals surface area contributed by atoms with Gasteiger partial charge < -0.3 is 10.1 Å². The summed E-state index contributed by atoms with van der Waals surface area (Å²) in [6.07, 6.45) is 4.62. The molecule has 0 aromatic heterocycles. The second kappa shape index (κ2) is 5.55. The number of benzene rings is 1. The maximum Gasteiger partial charge on any atom is 0.411 e. The second-order valence-corrected chi connectivity index (χ2v) is 2.76. The summed E-state index contributed by atoms with van der Waals surface area (Å²) in [5.41, 5.74) is 1.51. The molecule has 1 aromatic carbocycles. The second-order valence-electron chi connectivity index (χ2n) is 2.76. The van der Waals surface area contributed by atoms with Crippen molar-refractivity contribution in [2.45, 2.75) is 0 Å². The summed E-state index contributed by atoms with van der Waals surface area (Å²) < 4.78 is 4.47. The Bertz CT molecular complexity index is 382. The van der Waals surface area contributed by atoms with Gasteiger partial charge in [-0.2, -0.15) is 0 Å². The van der Waals surface area contributed by atoms with Gasteiger partial charge in [-0.25, -0.2) is 4.79 Å². The Morgan fingerprint density at radius 3 is 2.93 bits per heavy atom. The van der Waals surface area contributed by atoms with Gasteiger partial charge in [-0.05, 0) is 18.2 Å². The number of terminal acetylenes is 1. The van der Waals surface area contributed by atoms with Gasteiger partial charge in [0.25, 0.3) is 0 Å². The number of ether oxygens (including phenoxy) is 1. The largest absolute Gasteiger partial charge is 0.453 e. The maximum absolute atomic E-state index is 10.9. The van der Waals surface area contributed by atoms with Crippen LogP contribution in [-0.2, 0) is 4.74 Å². The molecule has 78 valence electrons. The Morgan fingerprint density at radius 2 is 2.27 bits per heavy atom. The van der Waals surface area contributed by atoms with Crippen molar-refractivity contribution in [3.63, 3.8) is 0 Å². The lowest BCUT2D eigenvalue weighted by Gasteiger charge is -2.06. The van der Waals surface area contributed by atoms with E-state index in [4.69, 9.17) is 6.42 Å². The molecule has 0 fully saturated rings. The molecule has 0 atom stereocenters. The molecule has 0 saturated carbocycles. The predicted molar refractivity (Wildman–Crippen MR) is 59.8 cm³/mol. The van der Waals surface area contributed by atoms with Crippen LogP contribution in [0.5, 0.6) is 0 Å². The van der Waals surface area contributed by atoms with Gasteiger partial charge in [-0.15, -0.1) is 6.42 Å². The number of hydrogen-bond acceptors (Lipinski definition) is 3. The minimum atomic E-state index is -0.496. The molecule has 4 nitrogen and oxygen atoms in total. The highest BCUT2D eigenvalue weighted by molar-refractivity contribution is 5.85. The standard InChI is InChI=1S/C11H12N2O2/c1-3-7-12-9-5-4-6-10(8-9)13-11(14)15-2/h1,4-6,8,12H,7H2,2H3,(H,13,14). The first-order chi connectivity index (χ1) is 7.26. The van der Waals surface area contributed by atoms with Crippen LogP contribution in [0.25, 0.3) is 0 Å². The van der Waals surface area contributed by atoms with Crippen molar-refractivity contribution in [3.05, 3.63) is 24.3 Å². The molecule has 15 heavy (non-hydrogen) atoms. The molecule has 1 amide bonds. The molecule has 1 aromatic rings. The van der Waals surface area contributed by atoms with Crippen molar-refractivity contribution in [2.24, 2.45) is 0 Å². The molecule has 1 rings (SSSR count). The molecule has 0 aliphatic carbocycles. The highest BCUT2D eigenvalue weighted by Crippen LogP contribution is 2.14. The Balaban J connectivity index is 2.66. The Labute approximate surface area is 88.6 Å². The van der Waals surface area contributed by atoms with Crippen LogP contribution < -0.4 is 10.6 Å². The normalized spacial score (nSPS) is 8.80. The van der Waals surface area contributed by atoms with Crippen LogP contribution in [0.1, 0.15) is 0 Å². The number of nitrogens with one attached hydrogen (secondary N) is 2. The van der Waals surface area contributed by atoms with Gasteiger partial charge in [-0.3, -0.25) is 5.32 Å². The molecule has 0 aliphatic heterocycles. The quantitative estimate of drug-likeness (QED) is 0.739. The van der Waals surface area contributed by atoms with Gasteiger partial charge in [0.1, 0.15) is 0 Å². The lowest BCUT2D eigenvalue weighted by atomic mass is 10.3. The molecule has 0 saturated heterocycles. The van der Waals surface area contributed by atoms with Crippen molar-refractivity contribution in [1.29, 1.82) is 0 Å². The van der Waals surface area contributed by atoms with E-state index in [-0.39, 0.29) is 0 Å². The summed E-state index contributed by atoms with van der Waals surface area (Å²) in [7, 11) is 1.32. The summed E-state index contributed by atoms with van der Waals surface area (Å²) in [4.78, 5) is 10.9. The predicted octanol–water partition coefficient (Wildman–Crippen LogP) is 1.91. The highest BCUT2D eigenvalue weighted by atomic mass is 16.5. The number of rotatable bonds is 3. The first kappa shape index (κ1) is 10.9. The molecule has 0 bridgehead atoms. The van der Waals surface area contributed by atoms with Gasteiger partial charge >= 0.3 is 6.09 Å². The maximum atomic E-state index is 10.9. The molecule has 0 heterocycles. The van der Waals surface area contributed by atoms with Crippen LogP contribution in [0, 0.1) is 12.3 Å². The summed E-state index contributed by atoms with van der Waals surface area (Å²) in [5.74, 6) is 2.46. The van der Waals surface area contributed by atoms with E-state index in [0.29, 0.717) is 12.2 Å². The molecule has 0 spiro atoms. The van der Waals surface area contributed by atoms with Crippen LogP contribution in [0.2, 0.25) is 0 Å². The Kier molecular flexibility index (Phi) is 4.05. The lowest BCUT2D eigenvalue weighted by molar-refractivity contribution is 0.187. The zero-order valence-electron chi connectivity index (χ0n) is 8.41. The topological polar surface area (TPSA) is 50.4 Å². The van der Waals surface area contributed by atoms with Crippen molar-refractivity contribution in [2.75, 3.05) is 24.3 Å². The summed E-state index contributed by atoms with van der Waals surface area (Å²) >= 11 is 0. The Hall–Kier alpha value is -2.15. The van der Waals surface area contributed by atoms with E-state index in [0.717, 1.165) is 5.69 Å². The SMILES string of the molecule is C#CCNc1cccc(NC(=O)OC)c1. The zero-order valence-corrected chi connectivity index (χ0v) is 8.41. The summed E-state index contributed by atoms with van der Waals surface area (Å²) in [5, 5.41) is 5.55. The average molecular weight is 204 g/mol. The number of amides is 1. The van der Waals surface area contributed by atoms with Crippen LogP contribution in [-0.4, -0.2) is 19.7 Å². The monoisotopic (exact) mass is 204 g/mol. The van der Waals surface area contributed by atoms with Crippen molar-refractivity contribution in [1.82, 2.24) is 0 Å². The van der Waals surface area contributed by atoms with Crippen LogP contribution in [0.3, 0.4) is 0 Å². The van der Waals surface area contributed by atoms with Gasteiger partial charge in [-0.1, -0.05) is 12.0 Å². The molecule has 0 unspecified atom stereocenters. The van der Waals surface area contributed by atoms with Gasteiger partial charge in [0, 0.05) is 11.4 Å². The van der Waals surface area contributed by atoms with Crippen LogP contribution in [0.4, 0.5) is 16.2 Å². The van der Waals surface area contributed by atoms with Gasteiger partial charge in [0.15, 0.2) is 0 Å². The van der Waals surface area contributed by atoms with E-state index in [1.807, 2.05) is 12.1 Å². The molecule has 4 heteroatoms. The highest BCUT2D eigenvalue weighted by Gasteiger charge is 2.00. The summed E-state index contributed by atoms with van der Waals surface area (Å²) in [6.45, 7) is 0.446. The zero-order chi connectivity index (χ0) is 11.1. The minimum Gasteiger partial charge on any atom is -0.453 e. The third kappa shape index (κ3) is 3.61. The first-order valence-corrected chi connectivity index (χ1v) is 4.38. The molecule has 2 N–H and O–H groups in total. The van der Waals surface area contributed by atoms with Crippen molar-refractivity contribution in [3.8, 4) is 12.3 Å². The fourth-order valence-corrected chi connectivity index (χ4v) is 1.03. The number of methoxy groups -OCH3 is 1. The van der Waals surface area contributed by atoms with Crippen molar-refractivity contribution < 1.29 is 9.53 Å². The van der Waals surface area contributed by atoms with E-state index in [1.54, 1.807) is 12.1 Å². The third-order valence-corrected chi connectivity index (χ3v) is 1.69. The first-order valence-electron chi connectivity index (χ1n) is 4.38. The fraction of sp³-hybridized carbons (Fsp3) is 0.182. The van der Waals surface area contributed by atoms with Crippen molar-refractivity contribution >= 4 is 17.5 Å². The number of carbonyl (C=O) groups is 1. The van der Waals surface area contributed by atoms with Gasteiger partial charge in [0.2, 0.25) is 0 Å². The van der Waals surface area contributed by atoms with E-state index in [9.17, 15) is 4.79 Å². The average Bonchev–Trinajstić information content (AvgIpc) is 2.26. The van der Waals surface area contributed by atoms with Crippen LogP contribution >= 0.6 is 0 Å². The molecular weight excluding hydrogens is 192 g/mol. The van der Waals surface area contributed by atoms with E-state index in [2.05, 4.69) is 21.3 Å². The number of anilines is 2. The summed E-state index contributed by atoms with van der Waals surface area (Å²) in [6, 6.07) is 7.20. The van der Waals surface area contributed by atoms with E-state index < -0.39 is 6.09 Å². The van der Waals surface area contributed by atoms with E-state index in [1.165, 1.54) is 7.11 Å². The lowest BCUT2D eigenvalue weighted by Crippen LogP contribution is -2.11. The number of hydrogen-bond donors (Lipinski definition) is 2. The smallest absolute Gasteiger partial charge is 0.411 e. The molecule has 0 radical (unpaired) electrons. The molecule has 0 aliphatic rings. The minimum absolute atomic E-state index is 0.446. The fourth-order valence-electron chi connectivity index (χ4n) is 1.03.